The summed E-state index contributed by atoms with van der Waals surface area (Å²) in [7, 11) is 0. The van der Waals surface area contributed by atoms with E-state index in [0.717, 1.165) is 4.90 Å². The van der Waals surface area contributed by atoms with E-state index in [0.29, 0.717) is 45.2 Å². The summed E-state index contributed by atoms with van der Waals surface area (Å²) in [6.45, 7) is 5.83. The molecule has 0 aromatic heterocycles. The van der Waals surface area contributed by atoms with Crippen molar-refractivity contribution >= 4 is 24.0 Å². The molecular formula is C18H26N3O5. The monoisotopic (exact) mass is 364 g/mol. The molecule has 1 N–H and O–H groups in total. The first-order valence-corrected chi connectivity index (χ1v) is 8.58. The van der Waals surface area contributed by atoms with Gasteiger partial charge in [0.05, 0.1) is 25.4 Å². The molecule has 0 spiro atoms. The third-order valence-electron chi connectivity index (χ3n) is 3.41. The highest BCUT2D eigenvalue weighted by atomic mass is 16.5. The number of rotatable bonds is 11. The van der Waals surface area contributed by atoms with E-state index in [-0.39, 0.29) is 6.54 Å². The second kappa shape index (κ2) is 12.8. The van der Waals surface area contributed by atoms with E-state index in [4.69, 9.17) is 9.47 Å². The molecule has 0 fully saturated rings. The first-order valence-electron chi connectivity index (χ1n) is 8.58. The molecule has 1 aromatic carbocycles. The van der Waals surface area contributed by atoms with E-state index in [1.807, 2.05) is 13.8 Å². The predicted octanol–water partition coefficient (Wildman–Crippen LogP) is 1.81. The summed E-state index contributed by atoms with van der Waals surface area (Å²) in [6, 6.07) is 7.31. The SMILES string of the molecule is CCOCCN(CCOCC)C(=O)N(C(=O)NC[C]=O)c1ccccc1. The lowest BCUT2D eigenvalue weighted by atomic mass is 10.3. The Hall–Kier alpha value is -2.45. The standard InChI is InChI=1S/C18H26N3O5/c1-3-25-14-11-20(12-15-26-4-2)18(24)21(17(23)19-10-13-22)16-8-6-5-7-9-16/h5-9H,3-4,10-12,14-15H2,1-2H3,(H,19,23). The molecule has 1 rings (SSSR count). The third kappa shape index (κ3) is 7.20. The van der Waals surface area contributed by atoms with Crippen molar-refractivity contribution in [1.29, 1.82) is 0 Å². The summed E-state index contributed by atoms with van der Waals surface area (Å²) in [5.41, 5.74) is 0.402. The number of urea groups is 2. The number of anilines is 1. The van der Waals surface area contributed by atoms with Crippen LogP contribution in [0.25, 0.3) is 0 Å². The lowest BCUT2D eigenvalue weighted by molar-refractivity contribution is 0.0944. The van der Waals surface area contributed by atoms with Crippen molar-refractivity contribution in [2.45, 2.75) is 13.8 Å². The van der Waals surface area contributed by atoms with Crippen LogP contribution in [-0.2, 0) is 14.3 Å². The van der Waals surface area contributed by atoms with Crippen LogP contribution in [-0.4, -0.2) is 69.3 Å². The average molecular weight is 364 g/mol. The van der Waals surface area contributed by atoms with Crippen molar-refractivity contribution in [3.8, 4) is 0 Å². The molecule has 8 heteroatoms. The normalized spacial score (nSPS) is 10.2. The van der Waals surface area contributed by atoms with Crippen LogP contribution in [0.1, 0.15) is 13.8 Å². The minimum atomic E-state index is -0.692. The molecule has 1 aromatic rings. The minimum absolute atomic E-state index is 0.298. The molecule has 0 saturated heterocycles. The molecule has 0 aliphatic heterocycles. The first kappa shape index (κ1) is 21.6. The van der Waals surface area contributed by atoms with Crippen LogP contribution in [0.2, 0.25) is 0 Å². The number of nitrogens with one attached hydrogen (secondary N) is 1. The van der Waals surface area contributed by atoms with Gasteiger partial charge in [-0.1, -0.05) is 18.2 Å². The Balaban J connectivity index is 2.98. The molecule has 26 heavy (non-hydrogen) atoms. The lowest BCUT2D eigenvalue weighted by Gasteiger charge is -2.29. The van der Waals surface area contributed by atoms with Crippen LogP contribution >= 0.6 is 0 Å². The van der Waals surface area contributed by atoms with Crippen LogP contribution < -0.4 is 10.2 Å². The van der Waals surface area contributed by atoms with Gasteiger partial charge < -0.3 is 19.7 Å². The Morgan fingerprint density at radius 1 is 1.04 bits per heavy atom. The molecule has 0 atom stereocenters. The van der Waals surface area contributed by atoms with Crippen LogP contribution in [0.15, 0.2) is 30.3 Å². The highest BCUT2D eigenvalue weighted by Crippen LogP contribution is 2.16. The Bertz CT molecular complexity index is 543. The van der Waals surface area contributed by atoms with Gasteiger partial charge >= 0.3 is 12.1 Å². The van der Waals surface area contributed by atoms with Crippen LogP contribution in [0.4, 0.5) is 15.3 Å². The number of para-hydroxylation sites is 1. The topological polar surface area (TPSA) is 88.2 Å². The number of hydrogen-bond acceptors (Lipinski definition) is 5. The van der Waals surface area contributed by atoms with Gasteiger partial charge in [0.2, 0.25) is 6.29 Å². The van der Waals surface area contributed by atoms with Gasteiger partial charge in [0.15, 0.2) is 0 Å². The van der Waals surface area contributed by atoms with Gasteiger partial charge in [-0.25, -0.2) is 14.5 Å². The molecule has 8 nitrogen and oxygen atoms in total. The summed E-state index contributed by atoms with van der Waals surface area (Å²) < 4.78 is 10.7. The van der Waals surface area contributed by atoms with Crippen LogP contribution in [0, 0.1) is 0 Å². The lowest BCUT2D eigenvalue weighted by Crippen LogP contribution is -2.52. The fraction of sp³-hybridized carbons (Fsp3) is 0.500. The van der Waals surface area contributed by atoms with Crippen molar-refractivity contribution in [3.05, 3.63) is 30.3 Å². The summed E-state index contributed by atoms with van der Waals surface area (Å²) in [5.74, 6) is 0. The first-order chi connectivity index (χ1) is 12.7. The van der Waals surface area contributed by atoms with Crippen molar-refractivity contribution in [2.75, 3.05) is 51.0 Å². The van der Waals surface area contributed by atoms with Crippen molar-refractivity contribution in [1.82, 2.24) is 10.2 Å². The zero-order chi connectivity index (χ0) is 19.2. The second-order valence-electron chi connectivity index (χ2n) is 5.14. The van der Waals surface area contributed by atoms with Gasteiger partial charge in [-0.2, -0.15) is 0 Å². The minimum Gasteiger partial charge on any atom is -0.380 e. The molecule has 0 aliphatic carbocycles. The van der Waals surface area contributed by atoms with E-state index in [1.54, 1.807) is 36.6 Å². The average Bonchev–Trinajstić information content (AvgIpc) is 2.66. The fourth-order valence-corrected chi connectivity index (χ4v) is 2.17. The number of benzene rings is 1. The zero-order valence-corrected chi connectivity index (χ0v) is 15.3. The molecule has 1 radical (unpaired) electrons. The molecule has 0 aliphatic rings. The number of nitrogens with zero attached hydrogens (tertiary/aromatic N) is 2. The van der Waals surface area contributed by atoms with Crippen molar-refractivity contribution < 1.29 is 23.9 Å². The Morgan fingerprint density at radius 3 is 2.12 bits per heavy atom. The highest BCUT2D eigenvalue weighted by Gasteiger charge is 2.27. The van der Waals surface area contributed by atoms with Gasteiger partial charge in [-0.3, -0.25) is 4.79 Å². The number of amides is 4. The maximum Gasteiger partial charge on any atom is 0.332 e. The molecule has 0 bridgehead atoms. The Morgan fingerprint density at radius 2 is 1.62 bits per heavy atom. The largest absolute Gasteiger partial charge is 0.380 e. The van der Waals surface area contributed by atoms with E-state index in [1.165, 1.54) is 4.90 Å². The maximum absolute atomic E-state index is 13.0. The number of hydrogen-bond donors (Lipinski definition) is 1. The Kier molecular flexibility index (Phi) is 10.7. The molecule has 0 heterocycles. The van der Waals surface area contributed by atoms with E-state index >= 15 is 0 Å². The van der Waals surface area contributed by atoms with Crippen LogP contribution in [0.3, 0.4) is 0 Å². The smallest absolute Gasteiger partial charge is 0.332 e. The van der Waals surface area contributed by atoms with E-state index < -0.39 is 12.1 Å². The summed E-state index contributed by atoms with van der Waals surface area (Å²) in [5, 5.41) is 2.35. The molecule has 4 amide bonds. The number of carbonyl (C=O) groups excluding carboxylic acids is 3. The van der Waals surface area contributed by atoms with Crippen molar-refractivity contribution in [3.63, 3.8) is 0 Å². The fourth-order valence-electron chi connectivity index (χ4n) is 2.17. The van der Waals surface area contributed by atoms with Crippen LogP contribution in [0.5, 0.6) is 0 Å². The van der Waals surface area contributed by atoms with Crippen molar-refractivity contribution in [2.24, 2.45) is 0 Å². The second-order valence-corrected chi connectivity index (χ2v) is 5.14. The molecule has 0 unspecified atom stereocenters. The Labute approximate surface area is 154 Å². The highest BCUT2D eigenvalue weighted by molar-refractivity contribution is 6.13. The van der Waals surface area contributed by atoms with Gasteiger partial charge in [-0.15, -0.1) is 0 Å². The maximum atomic E-state index is 13.0. The predicted molar refractivity (Wildman–Crippen MR) is 98.0 cm³/mol. The molecular weight excluding hydrogens is 338 g/mol. The van der Waals surface area contributed by atoms with Gasteiger partial charge in [-0.05, 0) is 26.0 Å². The van der Waals surface area contributed by atoms with E-state index in [2.05, 4.69) is 5.32 Å². The van der Waals surface area contributed by atoms with E-state index in [9.17, 15) is 14.4 Å². The zero-order valence-electron chi connectivity index (χ0n) is 15.3. The third-order valence-corrected chi connectivity index (χ3v) is 3.41. The summed E-state index contributed by atoms with van der Waals surface area (Å²) in [6.07, 6.45) is 1.58. The molecule has 143 valence electrons. The quantitative estimate of drug-likeness (QED) is 0.605. The summed E-state index contributed by atoms with van der Waals surface area (Å²) >= 11 is 0. The number of carbonyl (C=O) groups is 2. The molecule has 0 saturated carbocycles. The summed E-state index contributed by atoms with van der Waals surface area (Å²) in [4.78, 5) is 38.4. The number of imide groups is 1. The van der Waals surface area contributed by atoms with Gasteiger partial charge in [0.1, 0.15) is 0 Å². The van der Waals surface area contributed by atoms with Gasteiger partial charge in [0, 0.05) is 26.3 Å². The number of ether oxygens (including phenoxy) is 2. The van der Waals surface area contributed by atoms with Gasteiger partial charge in [0.25, 0.3) is 0 Å².